The first-order valence-corrected chi connectivity index (χ1v) is 7.78. The summed E-state index contributed by atoms with van der Waals surface area (Å²) >= 11 is 7.33. The average molecular weight is 276 g/mol. The molecule has 0 fully saturated rings. The van der Waals surface area contributed by atoms with Gasteiger partial charge in [0.2, 0.25) is 0 Å². The fraction of sp³-hybridized carbons (Fsp3) is 0.769. The van der Waals surface area contributed by atoms with Crippen molar-refractivity contribution in [3.63, 3.8) is 0 Å². The lowest BCUT2D eigenvalue weighted by Crippen LogP contribution is -2.07. The second kappa shape index (κ2) is 8.90. The van der Waals surface area contributed by atoms with E-state index in [0.29, 0.717) is 18.6 Å². The monoisotopic (exact) mass is 275 g/mol. The van der Waals surface area contributed by atoms with Crippen LogP contribution in [0.25, 0.3) is 0 Å². The van der Waals surface area contributed by atoms with Crippen LogP contribution in [0.1, 0.15) is 56.7 Å². The highest BCUT2D eigenvalue weighted by Gasteiger charge is 2.05. The smallest absolute Gasteiger partial charge is 0.119 e. The summed E-state index contributed by atoms with van der Waals surface area (Å²) in [6.07, 6.45) is 6.68. The number of hydrogen-bond acceptors (Lipinski definition) is 3. The summed E-state index contributed by atoms with van der Waals surface area (Å²) in [6.45, 7) is 5.00. The van der Waals surface area contributed by atoms with Crippen molar-refractivity contribution in [2.24, 2.45) is 0 Å². The minimum Gasteiger partial charge on any atom is -0.371 e. The molecule has 0 spiro atoms. The number of ether oxygens (including phenoxy) is 1. The summed E-state index contributed by atoms with van der Waals surface area (Å²) in [5.74, 6) is 0.489. The molecule has 1 rings (SSSR count). The van der Waals surface area contributed by atoms with Crippen molar-refractivity contribution < 1.29 is 4.74 Å². The number of halogens is 1. The van der Waals surface area contributed by atoms with E-state index in [1.165, 1.54) is 25.7 Å². The number of aromatic nitrogens is 1. The van der Waals surface area contributed by atoms with Crippen molar-refractivity contribution in [1.82, 2.24) is 4.98 Å². The number of rotatable bonds is 9. The summed E-state index contributed by atoms with van der Waals surface area (Å²) in [4.78, 5) is 4.37. The number of hydrogen-bond donors (Lipinski definition) is 0. The Morgan fingerprint density at radius 2 is 2.24 bits per heavy atom. The van der Waals surface area contributed by atoms with E-state index in [1.807, 2.05) is 5.38 Å². The van der Waals surface area contributed by atoms with E-state index >= 15 is 0 Å². The molecular weight excluding hydrogens is 254 g/mol. The SMILES string of the molecule is CCCCCCC(C)OCc1nc(CCl)cs1. The van der Waals surface area contributed by atoms with Crippen molar-refractivity contribution in [3.8, 4) is 0 Å². The molecule has 0 saturated carbocycles. The molecule has 0 aromatic carbocycles. The average Bonchev–Trinajstić information content (AvgIpc) is 2.80. The Balaban J connectivity index is 2.12. The van der Waals surface area contributed by atoms with Crippen LogP contribution in [0.3, 0.4) is 0 Å². The Labute approximate surface area is 113 Å². The Morgan fingerprint density at radius 3 is 2.88 bits per heavy atom. The van der Waals surface area contributed by atoms with Gasteiger partial charge in [-0.05, 0) is 13.3 Å². The summed E-state index contributed by atoms with van der Waals surface area (Å²) in [5, 5.41) is 3.03. The van der Waals surface area contributed by atoms with E-state index in [9.17, 15) is 0 Å². The van der Waals surface area contributed by atoms with Crippen LogP contribution in [0.5, 0.6) is 0 Å². The molecule has 4 heteroatoms. The quantitative estimate of drug-likeness (QED) is 0.479. The van der Waals surface area contributed by atoms with Crippen LogP contribution in [-0.4, -0.2) is 11.1 Å². The van der Waals surface area contributed by atoms with Crippen molar-refractivity contribution in [3.05, 3.63) is 16.1 Å². The largest absolute Gasteiger partial charge is 0.371 e. The van der Waals surface area contributed by atoms with Gasteiger partial charge in [-0.25, -0.2) is 4.98 Å². The maximum absolute atomic E-state index is 5.77. The molecule has 0 aliphatic carbocycles. The second-order valence-electron chi connectivity index (χ2n) is 4.34. The van der Waals surface area contributed by atoms with E-state index in [0.717, 1.165) is 17.1 Å². The van der Waals surface area contributed by atoms with Gasteiger partial charge in [-0.3, -0.25) is 0 Å². The zero-order chi connectivity index (χ0) is 12.5. The van der Waals surface area contributed by atoms with Crippen molar-refractivity contribution in [2.75, 3.05) is 0 Å². The van der Waals surface area contributed by atoms with Gasteiger partial charge in [0.25, 0.3) is 0 Å². The lowest BCUT2D eigenvalue weighted by Gasteiger charge is -2.11. The van der Waals surface area contributed by atoms with Crippen LogP contribution in [0.2, 0.25) is 0 Å². The highest BCUT2D eigenvalue weighted by atomic mass is 35.5. The normalized spacial score (nSPS) is 12.9. The summed E-state index contributed by atoms with van der Waals surface area (Å²) in [7, 11) is 0. The Bertz CT molecular complexity index is 303. The summed E-state index contributed by atoms with van der Waals surface area (Å²) in [5.41, 5.74) is 0.950. The van der Waals surface area contributed by atoms with Crippen LogP contribution < -0.4 is 0 Å². The summed E-state index contributed by atoms with van der Waals surface area (Å²) in [6, 6.07) is 0. The fourth-order valence-electron chi connectivity index (χ4n) is 1.63. The van der Waals surface area contributed by atoms with E-state index in [4.69, 9.17) is 16.3 Å². The minimum absolute atomic E-state index is 0.329. The maximum Gasteiger partial charge on any atom is 0.119 e. The zero-order valence-corrected chi connectivity index (χ0v) is 12.3. The number of thiazole rings is 1. The Kier molecular flexibility index (Phi) is 7.82. The maximum atomic E-state index is 5.77. The molecule has 1 aromatic rings. The third-order valence-electron chi connectivity index (χ3n) is 2.69. The van der Waals surface area contributed by atoms with Crippen LogP contribution in [-0.2, 0) is 17.2 Å². The van der Waals surface area contributed by atoms with Gasteiger partial charge in [0.1, 0.15) is 5.01 Å². The highest BCUT2D eigenvalue weighted by Crippen LogP contribution is 2.15. The van der Waals surface area contributed by atoms with E-state index < -0.39 is 0 Å². The standard InChI is InChI=1S/C13H22ClNOS/c1-3-4-5-6-7-11(2)16-9-13-15-12(8-14)10-17-13/h10-11H,3-9H2,1-2H3. The molecule has 98 valence electrons. The third-order valence-corrected chi connectivity index (χ3v) is 3.84. The molecule has 1 heterocycles. The molecule has 0 amide bonds. The molecule has 0 aliphatic heterocycles. The number of nitrogens with zero attached hydrogens (tertiary/aromatic N) is 1. The van der Waals surface area contributed by atoms with Gasteiger partial charge in [0, 0.05) is 5.38 Å². The van der Waals surface area contributed by atoms with Crippen LogP contribution in [0.15, 0.2) is 5.38 Å². The number of unbranched alkanes of at least 4 members (excludes halogenated alkanes) is 3. The topological polar surface area (TPSA) is 22.1 Å². The van der Waals surface area contributed by atoms with E-state index in [1.54, 1.807) is 11.3 Å². The van der Waals surface area contributed by atoms with Gasteiger partial charge >= 0.3 is 0 Å². The Morgan fingerprint density at radius 1 is 1.41 bits per heavy atom. The van der Waals surface area contributed by atoms with Crippen molar-refractivity contribution >= 4 is 22.9 Å². The molecule has 0 N–H and O–H groups in total. The highest BCUT2D eigenvalue weighted by molar-refractivity contribution is 7.09. The first-order valence-electron chi connectivity index (χ1n) is 6.37. The summed E-state index contributed by atoms with van der Waals surface area (Å²) < 4.78 is 5.77. The van der Waals surface area contributed by atoms with E-state index in [2.05, 4.69) is 18.8 Å². The van der Waals surface area contributed by atoms with E-state index in [-0.39, 0.29) is 0 Å². The van der Waals surface area contributed by atoms with Crippen LogP contribution in [0.4, 0.5) is 0 Å². The lowest BCUT2D eigenvalue weighted by atomic mass is 10.1. The third kappa shape index (κ3) is 6.39. The van der Waals surface area contributed by atoms with Crippen LogP contribution in [0, 0.1) is 0 Å². The second-order valence-corrected chi connectivity index (χ2v) is 5.55. The molecular formula is C13H22ClNOS. The molecule has 17 heavy (non-hydrogen) atoms. The van der Waals surface area contributed by atoms with Crippen LogP contribution >= 0.6 is 22.9 Å². The van der Waals surface area contributed by atoms with Gasteiger partial charge in [-0.1, -0.05) is 32.6 Å². The number of alkyl halides is 1. The predicted octanol–water partition coefficient (Wildman–Crippen LogP) is 4.76. The predicted molar refractivity (Wildman–Crippen MR) is 74.7 cm³/mol. The van der Waals surface area contributed by atoms with Gasteiger partial charge in [-0.2, -0.15) is 0 Å². The molecule has 0 aliphatic rings. The Hall–Kier alpha value is -0.120. The first kappa shape index (κ1) is 14.9. The molecule has 2 nitrogen and oxygen atoms in total. The molecule has 0 bridgehead atoms. The molecule has 1 unspecified atom stereocenters. The zero-order valence-electron chi connectivity index (χ0n) is 10.7. The fourth-order valence-corrected chi connectivity index (χ4v) is 2.57. The molecule has 0 radical (unpaired) electrons. The van der Waals surface area contributed by atoms with Crippen molar-refractivity contribution in [1.29, 1.82) is 0 Å². The first-order chi connectivity index (χ1) is 8.26. The molecule has 1 atom stereocenters. The van der Waals surface area contributed by atoms with Gasteiger partial charge in [-0.15, -0.1) is 22.9 Å². The van der Waals surface area contributed by atoms with Gasteiger partial charge < -0.3 is 4.74 Å². The van der Waals surface area contributed by atoms with Gasteiger partial charge in [0.05, 0.1) is 24.3 Å². The lowest BCUT2D eigenvalue weighted by molar-refractivity contribution is 0.0457. The molecule has 0 saturated heterocycles. The van der Waals surface area contributed by atoms with Gasteiger partial charge in [0.15, 0.2) is 0 Å². The minimum atomic E-state index is 0.329. The molecule has 1 aromatic heterocycles. The van der Waals surface area contributed by atoms with Crippen molar-refractivity contribution in [2.45, 2.75) is 64.5 Å².